The molecule has 0 saturated carbocycles. The third-order valence-electron chi connectivity index (χ3n) is 3.68. The second-order valence-electron chi connectivity index (χ2n) is 5.51. The molecule has 0 atom stereocenters. The average molecular weight is 489 g/mol. The summed E-state index contributed by atoms with van der Waals surface area (Å²) >= 11 is 6.27. The molecule has 0 unspecified atom stereocenters. The summed E-state index contributed by atoms with van der Waals surface area (Å²) in [6.45, 7) is 4.34. The topological polar surface area (TPSA) is 58.5 Å². The van der Waals surface area contributed by atoms with Crippen molar-refractivity contribution in [2.75, 3.05) is 26.7 Å². The molecule has 0 aliphatic carbocycles. The Balaban J connectivity index is 0.00000338. The quantitative estimate of drug-likeness (QED) is 0.338. The Morgan fingerprint density at radius 3 is 2.73 bits per heavy atom. The fourth-order valence-electron chi connectivity index (χ4n) is 2.36. The third kappa shape index (κ3) is 7.78. The van der Waals surface area contributed by atoms with Gasteiger partial charge in [0, 0.05) is 37.1 Å². The number of benzene rings is 1. The molecule has 2 N–H and O–H groups in total. The van der Waals surface area contributed by atoms with E-state index < -0.39 is 0 Å². The number of guanidine groups is 1. The van der Waals surface area contributed by atoms with E-state index in [2.05, 4.69) is 33.6 Å². The molecule has 1 aromatic heterocycles. The van der Waals surface area contributed by atoms with Crippen LogP contribution in [-0.4, -0.2) is 37.7 Å². The van der Waals surface area contributed by atoms with Crippen LogP contribution < -0.4 is 15.4 Å². The van der Waals surface area contributed by atoms with Crippen LogP contribution in [0, 0.1) is 0 Å². The second-order valence-corrected chi connectivity index (χ2v) is 5.91. The molecule has 0 spiro atoms. The van der Waals surface area contributed by atoms with Crippen LogP contribution >= 0.6 is 35.6 Å². The Hall–Kier alpha value is -1.54. The maximum Gasteiger partial charge on any atom is 0.191 e. The number of nitrogens with one attached hydrogen (secondary N) is 2. The van der Waals surface area contributed by atoms with E-state index in [1.165, 1.54) is 5.56 Å². The fourth-order valence-corrected chi connectivity index (χ4v) is 2.62. The van der Waals surface area contributed by atoms with E-state index in [1.54, 1.807) is 13.3 Å². The molecule has 2 rings (SSSR count). The van der Waals surface area contributed by atoms with Crippen LogP contribution in [0.1, 0.15) is 18.1 Å². The number of aromatic nitrogens is 1. The first kappa shape index (κ1) is 22.5. The van der Waals surface area contributed by atoms with Gasteiger partial charge in [0.2, 0.25) is 0 Å². The molecule has 2 aromatic rings. The molecule has 0 amide bonds. The van der Waals surface area contributed by atoms with Gasteiger partial charge in [0.1, 0.15) is 5.75 Å². The highest BCUT2D eigenvalue weighted by Gasteiger charge is 2.03. The highest BCUT2D eigenvalue weighted by atomic mass is 127. The third-order valence-corrected chi connectivity index (χ3v) is 4.04. The number of nitrogens with zero attached hydrogens (tertiary/aromatic N) is 2. The van der Waals surface area contributed by atoms with Gasteiger partial charge in [0.05, 0.1) is 7.11 Å². The summed E-state index contributed by atoms with van der Waals surface area (Å²) in [5.41, 5.74) is 2.27. The van der Waals surface area contributed by atoms with Crippen molar-refractivity contribution in [3.63, 3.8) is 0 Å². The van der Waals surface area contributed by atoms with Gasteiger partial charge in [-0.25, -0.2) is 0 Å². The number of hydrogen-bond acceptors (Lipinski definition) is 3. The fraction of sp³-hybridized carbons (Fsp3) is 0.368. The van der Waals surface area contributed by atoms with E-state index in [0.29, 0.717) is 11.6 Å². The number of hydrogen-bond donors (Lipinski definition) is 2. The Labute approximate surface area is 177 Å². The number of rotatable bonds is 8. The Morgan fingerprint density at radius 2 is 2.08 bits per heavy atom. The van der Waals surface area contributed by atoms with Gasteiger partial charge in [-0.1, -0.05) is 23.7 Å². The standard InChI is InChI=1S/C19H25ClN4O.HI/c1-3-22-19(23-11-8-15-5-4-10-21-14-15)24-12-9-16-6-7-17(25-2)13-18(16)20;/h4-7,10,13-14H,3,8-9,11-12H2,1-2H3,(H2,22,23,24);1H. The van der Waals surface area contributed by atoms with E-state index in [1.807, 2.05) is 30.5 Å². The molecule has 0 fully saturated rings. The van der Waals surface area contributed by atoms with Gasteiger partial charge in [-0.05, 0) is 49.1 Å². The predicted molar refractivity (Wildman–Crippen MR) is 119 cm³/mol. The molecule has 26 heavy (non-hydrogen) atoms. The van der Waals surface area contributed by atoms with Crippen molar-refractivity contribution < 1.29 is 4.74 Å². The van der Waals surface area contributed by atoms with Crippen LogP contribution in [0.15, 0.2) is 47.7 Å². The highest BCUT2D eigenvalue weighted by Crippen LogP contribution is 2.22. The summed E-state index contributed by atoms with van der Waals surface area (Å²) < 4.78 is 5.17. The number of ether oxygens (including phenoxy) is 1. The Morgan fingerprint density at radius 1 is 1.23 bits per heavy atom. The van der Waals surface area contributed by atoms with Crippen LogP contribution in [0.3, 0.4) is 0 Å². The first-order valence-corrected chi connectivity index (χ1v) is 8.84. The van der Waals surface area contributed by atoms with Crippen LogP contribution in [0.25, 0.3) is 0 Å². The van der Waals surface area contributed by atoms with Crippen LogP contribution in [0.2, 0.25) is 5.02 Å². The van der Waals surface area contributed by atoms with Gasteiger partial charge >= 0.3 is 0 Å². The molecule has 5 nitrogen and oxygen atoms in total. The molecular weight excluding hydrogens is 463 g/mol. The van der Waals surface area contributed by atoms with Crippen molar-refractivity contribution in [3.8, 4) is 5.75 Å². The van der Waals surface area contributed by atoms with E-state index in [0.717, 1.165) is 43.2 Å². The minimum Gasteiger partial charge on any atom is -0.497 e. The Bertz CT molecular complexity index is 682. The zero-order chi connectivity index (χ0) is 17.9. The number of pyridine rings is 1. The monoisotopic (exact) mass is 488 g/mol. The zero-order valence-electron chi connectivity index (χ0n) is 15.2. The number of halogens is 2. The molecule has 1 heterocycles. The molecule has 7 heteroatoms. The summed E-state index contributed by atoms with van der Waals surface area (Å²) in [6.07, 6.45) is 5.36. The SMILES string of the molecule is CCNC(=NCCc1ccc(OC)cc1Cl)NCCc1cccnc1.I. The normalized spacial score (nSPS) is 10.8. The maximum atomic E-state index is 6.27. The maximum absolute atomic E-state index is 6.27. The van der Waals surface area contributed by atoms with Crippen molar-refractivity contribution >= 4 is 41.5 Å². The molecule has 0 aliphatic rings. The van der Waals surface area contributed by atoms with Gasteiger partial charge in [-0.2, -0.15) is 0 Å². The molecular formula is C19H26ClIN4O. The van der Waals surface area contributed by atoms with Crippen molar-refractivity contribution in [3.05, 3.63) is 58.9 Å². The lowest BCUT2D eigenvalue weighted by molar-refractivity contribution is 0.414. The smallest absolute Gasteiger partial charge is 0.191 e. The van der Waals surface area contributed by atoms with Crippen LogP contribution in [-0.2, 0) is 12.8 Å². The molecule has 0 bridgehead atoms. The van der Waals surface area contributed by atoms with E-state index in [4.69, 9.17) is 16.3 Å². The molecule has 142 valence electrons. The zero-order valence-corrected chi connectivity index (χ0v) is 18.3. The van der Waals surface area contributed by atoms with Crippen LogP contribution in [0.4, 0.5) is 0 Å². The lowest BCUT2D eigenvalue weighted by Gasteiger charge is -2.11. The summed E-state index contributed by atoms with van der Waals surface area (Å²) in [7, 11) is 1.63. The van der Waals surface area contributed by atoms with E-state index in [9.17, 15) is 0 Å². The van der Waals surface area contributed by atoms with Crippen molar-refractivity contribution in [2.45, 2.75) is 19.8 Å². The predicted octanol–water partition coefficient (Wildman–Crippen LogP) is 3.70. The second kappa shape index (κ2) is 12.8. The first-order valence-electron chi connectivity index (χ1n) is 8.46. The van der Waals surface area contributed by atoms with Crippen molar-refractivity contribution in [1.29, 1.82) is 0 Å². The first-order chi connectivity index (χ1) is 12.2. The largest absolute Gasteiger partial charge is 0.497 e. The van der Waals surface area contributed by atoms with E-state index in [-0.39, 0.29) is 24.0 Å². The number of aliphatic imine (C=N–C) groups is 1. The van der Waals surface area contributed by atoms with Gasteiger partial charge in [0.15, 0.2) is 5.96 Å². The van der Waals surface area contributed by atoms with Gasteiger partial charge in [-0.3, -0.25) is 9.98 Å². The highest BCUT2D eigenvalue weighted by molar-refractivity contribution is 14.0. The summed E-state index contributed by atoms with van der Waals surface area (Å²) in [4.78, 5) is 8.74. The molecule has 1 aromatic carbocycles. The summed E-state index contributed by atoms with van der Waals surface area (Å²) in [6, 6.07) is 9.76. The van der Waals surface area contributed by atoms with Gasteiger partial charge in [0.25, 0.3) is 0 Å². The van der Waals surface area contributed by atoms with Crippen molar-refractivity contribution in [1.82, 2.24) is 15.6 Å². The Kier molecular flexibility index (Phi) is 11.0. The number of methoxy groups -OCH3 is 1. The van der Waals surface area contributed by atoms with Gasteiger partial charge in [-0.15, -0.1) is 24.0 Å². The molecule has 0 saturated heterocycles. The lowest BCUT2D eigenvalue weighted by atomic mass is 10.1. The molecule has 0 radical (unpaired) electrons. The average Bonchev–Trinajstić information content (AvgIpc) is 2.64. The minimum absolute atomic E-state index is 0. The molecule has 0 aliphatic heterocycles. The summed E-state index contributed by atoms with van der Waals surface area (Å²) in [5.74, 6) is 1.58. The minimum atomic E-state index is 0. The van der Waals surface area contributed by atoms with E-state index >= 15 is 0 Å². The summed E-state index contributed by atoms with van der Waals surface area (Å²) in [5, 5.41) is 7.32. The van der Waals surface area contributed by atoms with Gasteiger partial charge < -0.3 is 15.4 Å². The van der Waals surface area contributed by atoms with Crippen LogP contribution in [0.5, 0.6) is 5.75 Å². The lowest BCUT2D eigenvalue weighted by Crippen LogP contribution is -2.38. The van der Waals surface area contributed by atoms with Crippen molar-refractivity contribution in [2.24, 2.45) is 4.99 Å².